The van der Waals surface area contributed by atoms with E-state index in [0.29, 0.717) is 4.90 Å². The average Bonchev–Trinajstić information content (AvgIpc) is 2.14. The van der Waals surface area contributed by atoms with E-state index in [1.807, 2.05) is 0 Å². The smallest absolute Gasteiger partial charge is 1.00 e. The largest absolute Gasteiger partial charge is 1.00 e. The van der Waals surface area contributed by atoms with Crippen molar-refractivity contribution < 1.29 is 164 Å². The summed E-state index contributed by atoms with van der Waals surface area (Å²) < 4.78 is 0. The van der Waals surface area contributed by atoms with Crippen molar-refractivity contribution in [2.75, 3.05) is 13.1 Å². The topological polar surface area (TPSA) is 152 Å². The first-order valence-electron chi connectivity index (χ1n) is 4.86. The van der Waals surface area contributed by atoms with Crippen LogP contribution in [-0.2, 0) is 19.2 Å². The zero-order valence-corrected chi connectivity index (χ0v) is 21.3. The van der Waals surface area contributed by atoms with E-state index in [0.717, 1.165) is 0 Å². The number of nitrogens with zero attached hydrogens (tertiary/aromatic N) is 1. The second-order valence-electron chi connectivity index (χ2n) is 3.48. The van der Waals surface area contributed by atoms with Gasteiger partial charge in [-0.05, 0) is 6.42 Å². The third-order valence-corrected chi connectivity index (χ3v) is 2.03. The van der Waals surface area contributed by atoms with Crippen LogP contribution in [0.4, 0.5) is 0 Å². The van der Waals surface area contributed by atoms with Crippen molar-refractivity contribution in [3.63, 3.8) is 0 Å². The molecule has 0 saturated carbocycles. The summed E-state index contributed by atoms with van der Waals surface area (Å²) in [7, 11) is 0. The van der Waals surface area contributed by atoms with Gasteiger partial charge in [-0.25, -0.2) is 0 Å². The quantitative estimate of drug-likeness (QED) is 0.294. The molecule has 4 N–H and O–H groups in total. The fourth-order valence-electron chi connectivity index (χ4n) is 1.35. The molecular weight excluding hydrogens is 342 g/mol. The molecule has 0 amide bonds. The fraction of sp³-hybridized carbons (Fsp3) is 0.556. The summed E-state index contributed by atoms with van der Waals surface area (Å²) in [5, 5.41) is 34.4. The van der Waals surface area contributed by atoms with Crippen LogP contribution in [0.2, 0.25) is 0 Å². The number of carboxylic acids is 4. The third kappa shape index (κ3) is 18.2. The molecule has 0 aliphatic rings. The molecule has 13 heteroatoms. The summed E-state index contributed by atoms with van der Waals surface area (Å²) >= 11 is 0. The van der Waals surface area contributed by atoms with Crippen molar-refractivity contribution in [1.82, 2.24) is 4.90 Å². The predicted octanol–water partition coefficient (Wildman–Crippen LogP) is -12.8. The molecule has 0 bridgehead atoms. The van der Waals surface area contributed by atoms with Gasteiger partial charge in [0.25, 0.3) is 0 Å². The first-order chi connectivity index (χ1) is 8.23. The zero-order valence-electron chi connectivity index (χ0n) is 17.3. The Bertz CT molecular complexity index is 368. The third-order valence-electron chi connectivity index (χ3n) is 2.03. The number of carboxylic acid groups (broad SMARTS) is 4. The van der Waals surface area contributed by atoms with E-state index in [4.69, 9.17) is 20.4 Å². The summed E-state index contributed by atoms with van der Waals surface area (Å²) in [4.78, 5) is 43.0. The molecule has 0 heterocycles. The summed E-state index contributed by atoms with van der Waals surface area (Å²) in [5.74, 6) is -5.48. The van der Waals surface area contributed by atoms with E-state index in [1.54, 1.807) is 0 Å². The average molecular weight is 359 g/mol. The first kappa shape index (κ1) is 35.0. The van der Waals surface area contributed by atoms with Crippen LogP contribution < -0.4 is 118 Å². The van der Waals surface area contributed by atoms with E-state index >= 15 is 0 Å². The Morgan fingerprint density at radius 1 is 0.773 bits per heavy atom. The first-order valence-corrected chi connectivity index (χ1v) is 4.86. The molecular formula is C9H17NNa4O8. The van der Waals surface area contributed by atoms with Crippen LogP contribution in [0.5, 0.6) is 0 Å². The van der Waals surface area contributed by atoms with Crippen molar-refractivity contribution in [3.8, 4) is 0 Å². The Hall–Kier alpha value is 1.84. The summed E-state index contributed by atoms with van der Waals surface area (Å²) in [5.41, 5.74) is 0. The van der Waals surface area contributed by atoms with Crippen LogP contribution in [0.3, 0.4) is 0 Å². The van der Waals surface area contributed by atoms with Gasteiger partial charge >= 0.3 is 142 Å². The van der Waals surface area contributed by atoms with Gasteiger partial charge in [0, 0.05) is 6.42 Å². The van der Waals surface area contributed by atoms with E-state index in [1.165, 1.54) is 0 Å². The van der Waals surface area contributed by atoms with Crippen molar-refractivity contribution in [2.45, 2.75) is 18.9 Å². The van der Waals surface area contributed by atoms with Gasteiger partial charge in [-0.2, -0.15) is 0 Å². The van der Waals surface area contributed by atoms with Crippen LogP contribution in [0.25, 0.3) is 0 Å². The molecule has 0 aliphatic carbocycles. The molecule has 0 aromatic rings. The molecule has 110 valence electrons. The molecule has 9 nitrogen and oxygen atoms in total. The molecule has 0 aliphatic heterocycles. The number of carbonyl (C=O) groups is 4. The van der Waals surface area contributed by atoms with Gasteiger partial charge in [-0.1, -0.05) is 0 Å². The molecule has 0 rings (SSSR count). The van der Waals surface area contributed by atoms with Crippen LogP contribution in [0, 0.1) is 0 Å². The van der Waals surface area contributed by atoms with Crippen LogP contribution in [0.15, 0.2) is 0 Å². The monoisotopic (exact) mass is 359 g/mol. The molecule has 0 aromatic carbocycles. The van der Waals surface area contributed by atoms with E-state index < -0.39 is 49.4 Å². The Morgan fingerprint density at radius 3 is 1.36 bits per heavy atom. The Balaban J connectivity index is -0.0000000516. The zero-order chi connectivity index (χ0) is 14.3. The minimum Gasteiger partial charge on any atom is -1.00 e. The van der Waals surface area contributed by atoms with Gasteiger partial charge in [0.05, 0.1) is 13.1 Å². The normalized spacial score (nSPS) is 9.86. The minimum atomic E-state index is -1.46. The number of hydrogen-bond donors (Lipinski definition) is 4. The number of rotatable bonds is 9. The molecule has 1 unspecified atom stereocenters. The van der Waals surface area contributed by atoms with Crippen molar-refractivity contribution >= 4 is 23.9 Å². The maximum atomic E-state index is 10.9. The Labute approximate surface area is 221 Å². The second-order valence-corrected chi connectivity index (χ2v) is 3.48. The molecule has 0 spiro atoms. The van der Waals surface area contributed by atoms with E-state index in [9.17, 15) is 19.2 Å². The van der Waals surface area contributed by atoms with Crippen LogP contribution in [0.1, 0.15) is 18.5 Å². The summed E-state index contributed by atoms with van der Waals surface area (Å²) in [6.45, 7) is -1.58. The number of aliphatic carboxylic acids is 4. The maximum Gasteiger partial charge on any atom is 1.00 e. The van der Waals surface area contributed by atoms with Gasteiger partial charge in [-0.15, -0.1) is 0 Å². The van der Waals surface area contributed by atoms with Gasteiger partial charge in [0.2, 0.25) is 0 Å². The van der Waals surface area contributed by atoms with Gasteiger partial charge < -0.3 is 26.1 Å². The molecule has 0 radical (unpaired) electrons. The van der Waals surface area contributed by atoms with Crippen LogP contribution >= 0.6 is 0 Å². The molecule has 22 heavy (non-hydrogen) atoms. The summed E-state index contributed by atoms with van der Waals surface area (Å²) in [6.07, 6.45) is -0.863. The van der Waals surface area contributed by atoms with Gasteiger partial charge in [0.1, 0.15) is 6.04 Å². The van der Waals surface area contributed by atoms with E-state index in [2.05, 4.69) is 0 Å². The van der Waals surface area contributed by atoms with Crippen molar-refractivity contribution in [1.29, 1.82) is 0 Å². The fourth-order valence-corrected chi connectivity index (χ4v) is 1.35. The Morgan fingerprint density at radius 2 is 1.14 bits per heavy atom. The summed E-state index contributed by atoms with van der Waals surface area (Å²) in [6, 6.07) is -1.46. The molecule has 0 aromatic heterocycles. The second kappa shape index (κ2) is 19.2. The van der Waals surface area contributed by atoms with Gasteiger partial charge in [-0.3, -0.25) is 24.1 Å². The van der Waals surface area contributed by atoms with Gasteiger partial charge in [0.15, 0.2) is 0 Å². The SMILES string of the molecule is O=C(O)CCC(C(=O)O)N(CC(=O)O)CC(=O)O.[H-].[H-].[H-].[H-].[Na+].[Na+].[Na+].[Na+]. The minimum absolute atomic E-state index is 0. The van der Waals surface area contributed by atoms with E-state index in [-0.39, 0.29) is 130 Å². The van der Waals surface area contributed by atoms with Crippen molar-refractivity contribution in [2.24, 2.45) is 0 Å². The molecule has 0 saturated heterocycles. The Kier molecular flexibility index (Phi) is 30.5. The van der Waals surface area contributed by atoms with Crippen LogP contribution in [-0.4, -0.2) is 68.3 Å². The standard InChI is InChI=1S/C9H13NO8.4Na.4H/c11-6(12)2-1-5(9(17)18)10(3-7(13)14)4-8(15)16;;;;;;;;/h5H,1-4H2,(H,11,12)(H,13,14)(H,15,16)(H,17,18);;;;;;;;/q;4*+1;4*-1. The molecule has 0 fully saturated rings. The molecule has 1 atom stereocenters. The van der Waals surface area contributed by atoms with Crippen molar-refractivity contribution in [3.05, 3.63) is 0 Å². The number of hydrogen-bond acceptors (Lipinski definition) is 5. The predicted molar refractivity (Wildman–Crippen MR) is 59.6 cm³/mol. The maximum absolute atomic E-state index is 10.9.